The third kappa shape index (κ3) is 3.43. The molecule has 0 atom stereocenters. The molecule has 0 spiro atoms. The van der Waals surface area contributed by atoms with E-state index < -0.39 is 10.0 Å². The van der Waals surface area contributed by atoms with Crippen LogP contribution in [0.1, 0.15) is 12.2 Å². The normalized spacial score (nSPS) is 12.9. The first kappa shape index (κ1) is 13.5. The van der Waals surface area contributed by atoms with E-state index in [0.717, 1.165) is 0 Å². The first-order chi connectivity index (χ1) is 7.86. The summed E-state index contributed by atoms with van der Waals surface area (Å²) < 4.78 is 27.4. The summed E-state index contributed by atoms with van der Waals surface area (Å²) in [5.74, 6) is 0.562. The van der Waals surface area contributed by atoms with Crippen molar-refractivity contribution in [2.24, 2.45) is 17.9 Å². The van der Waals surface area contributed by atoms with Crippen LogP contribution in [-0.4, -0.2) is 35.6 Å². The molecule has 4 N–H and O–H groups in total. The Labute approximate surface area is 99.2 Å². The van der Waals surface area contributed by atoms with Gasteiger partial charge >= 0.3 is 0 Å². The molecule has 0 radical (unpaired) electrons. The fraction of sp³-hybridized carbons (Fsp3) is 0.500. The second-order valence-electron chi connectivity index (χ2n) is 3.48. The topological polar surface area (TPSA) is 123 Å². The lowest BCUT2D eigenvalue weighted by Gasteiger charge is -2.02. The molecule has 0 fully saturated rings. The van der Waals surface area contributed by atoms with E-state index >= 15 is 0 Å². The number of hydrogen-bond acceptors (Lipinski definition) is 5. The van der Waals surface area contributed by atoms with E-state index in [1.165, 1.54) is 6.20 Å². The van der Waals surface area contributed by atoms with E-state index in [1.807, 2.05) is 0 Å². The van der Waals surface area contributed by atoms with Crippen LogP contribution in [0.4, 0.5) is 0 Å². The Morgan fingerprint density at radius 3 is 2.82 bits per heavy atom. The number of hydrogen-bond donors (Lipinski definition) is 3. The zero-order chi connectivity index (χ0) is 13.1. The fourth-order valence-electron chi connectivity index (χ4n) is 1.09. The summed E-state index contributed by atoms with van der Waals surface area (Å²) in [5.41, 5.74) is 5.21. The Balaban J connectivity index is 2.70. The minimum Gasteiger partial charge on any atom is -0.409 e. The zero-order valence-corrected chi connectivity index (χ0v) is 10.4. The first-order valence-electron chi connectivity index (χ1n) is 4.83. The van der Waals surface area contributed by atoms with Crippen LogP contribution in [0.3, 0.4) is 0 Å². The molecule has 0 bridgehead atoms. The molecular weight excluding hydrogens is 246 g/mol. The third-order valence-corrected chi connectivity index (χ3v) is 3.50. The SMILES string of the molecule is Cc1nc(S(=O)(=O)NCCC(N)=NO)cn1C. The Morgan fingerprint density at radius 2 is 2.35 bits per heavy atom. The standard InChI is InChI=1S/C8H15N5O3S/c1-6-11-8(5-13(6)2)17(15,16)10-4-3-7(9)12-14/h5,10,14H,3-4H2,1-2H3,(H2,9,12). The highest BCUT2D eigenvalue weighted by molar-refractivity contribution is 7.89. The number of sulfonamides is 1. The third-order valence-electron chi connectivity index (χ3n) is 2.16. The molecule has 0 aliphatic heterocycles. The number of nitrogens with two attached hydrogens (primary N) is 1. The summed E-state index contributed by atoms with van der Waals surface area (Å²) >= 11 is 0. The van der Waals surface area contributed by atoms with Crippen LogP contribution in [0.25, 0.3) is 0 Å². The van der Waals surface area contributed by atoms with Crippen molar-refractivity contribution in [3.63, 3.8) is 0 Å². The van der Waals surface area contributed by atoms with Gasteiger partial charge in [-0.2, -0.15) is 0 Å². The maximum absolute atomic E-state index is 11.7. The monoisotopic (exact) mass is 261 g/mol. The molecule has 1 aromatic heterocycles. The molecule has 96 valence electrons. The largest absolute Gasteiger partial charge is 0.409 e. The summed E-state index contributed by atoms with van der Waals surface area (Å²) in [6.45, 7) is 1.75. The van der Waals surface area contributed by atoms with E-state index in [0.29, 0.717) is 5.82 Å². The van der Waals surface area contributed by atoms with Crippen LogP contribution in [0.5, 0.6) is 0 Å². The van der Waals surface area contributed by atoms with E-state index in [1.54, 1.807) is 18.5 Å². The number of amidine groups is 1. The minimum absolute atomic E-state index is 0.0371. The number of nitrogens with one attached hydrogen (secondary N) is 1. The van der Waals surface area contributed by atoms with Gasteiger partial charge in [0.25, 0.3) is 10.0 Å². The maximum atomic E-state index is 11.7. The second-order valence-corrected chi connectivity index (χ2v) is 5.19. The molecule has 1 heterocycles. The molecule has 8 nitrogen and oxygen atoms in total. The number of rotatable bonds is 5. The van der Waals surface area contributed by atoms with Crippen molar-refractivity contribution in [2.45, 2.75) is 18.4 Å². The molecular formula is C8H15N5O3S. The Bertz CT molecular complexity index is 500. The van der Waals surface area contributed by atoms with Crippen LogP contribution in [0.15, 0.2) is 16.4 Å². The molecule has 17 heavy (non-hydrogen) atoms. The average Bonchev–Trinajstić information content (AvgIpc) is 2.59. The first-order valence-corrected chi connectivity index (χ1v) is 6.31. The van der Waals surface area contributed by atoms with Crippen LogP contribution in [0.2, 0.25) is 0 Å². The molecule has 0 unspecified atom stereocenters. The summed E-state index contributed by atoms with van der Waals surface area (Å²) in [5, 5.41) is 11.0. The van der Waals surface area contributed by atoms with Gasteiger partial charge < -0.3 is 15.5 Å². The van der Waals surface area contributed by atoms with Gasteiger partial charge in [-0.05, 0) is 6.92 Å². The van der Waals surface area contributed by atoms with Crippen LogP contribution in [0, 0.1) is 6.92 Å². The molecule has 1 rings (SSSR count). The smallest absolute Gasteiger partial charge is 0.259 e. The van der Waals surface area contributed by atoms with E-state index in [2.05, 4.69) is 14.9 Å². The van der Waals surface area contributed by atoms with Crippen molar-refractivity contribution < 1.29 is 13.6 Å². The van der Waals surface area contributed by atoms with Gasteiger partial charge in [0.2, 0.25) is 0 Å². The van der Waals surface area contributed by atoms with Crippen molar-refractivity contribution in [1.82, 2.24) is 14.3 Å². The predicted octanol–water partition coefficient (Wildman–Crippen LogP) is -0.857. The molecule has 0 saturated heterocycles. The Hall–Kier alpha value is -1.61. The molecule has 0 aliphatic carbocycles. The van der Waals surface area contributed by atoms with Gasteiger partial charge in [0.15, 0.2) is 5.03 Å². The number of oxime groups is 1. The van der Waals surface area contributed by atoms with E-state index in [4.69, 9.17) is 10.9 Å². The Morgan fingerprint density at radius 1 is 1.71 bits per heavy atom. The lowest BCUT2D eigenvalue weighted by Crippen LogP contribution is -2.28. The van der Waals surface area contributed by atoms with Gasteiger partial charge in [-0.25, -0.2) is 18.1 Å². The zero-order valence-electron chi connectivity index (χ0n) is 9.58. The minimum atomic E-state index is -3.64. The molecule has 0 aliphatic rings. The highest BCUT2D eigenvalue weighted by Gasteiger charge is 2.17. The van der Waals surface area contributed by atoms with Crippen molar-refractivity contribution in [2.75, 3.05) is 6.54 Å². The van der Waals surface area contributed by atoms with Crippen LogP contribution in [-0.2, 0) is 17.1 Å². The molecule has 0 saturated carbocycles. The second kappa shape index (κ2) is 5.15. The summed E-state index contributed by atoms with van der Waals surface area (Å²) in [4.78, 5) is 3.90. The van der Waals surface area contributed by atoms with Crippen molar-refractivity contribution in [1.29, 1.82) is 0 Å². The number of imidazole rings is 1. The lowest BCUT2D eigenvalue weighted by molar-refractivity contribution is 0.317. The van der Waals surface area contributed by atoms with Gasteiger partial charge in [-0.15, -0.1) is 0 Å². The maximum Gasteiger partial charge on any atom is 0.259 e. The number of nitrogens with zero attached hydrogens (tertiary/aromatic N) is 3. The summed E-state index contributed by atoms with van der Waals surface area (Å²) in [6, 6.07) is 0. The van der Waals surface area contributed by atoms with Crippen LogP contribution >= 0.6 is 0 Å². The van der Waals surface area contributed by atoms with Gasteiger partial charge in [0, 0.05) is 26.2 Å². The molecule has 0 amide bonds. The fourth-order valence-corrected chi connectivity index (χ4v) is 2.16. The molecule has 0 aromatic carbocycles. The predicted molar refractivity (Wildman–Crippen MR) is 61.2 cm³/mol. The number of aryl methyl sites for hydroxylation is 2. The van der Waals surface area contributed by atoms with E-state index in [9.17, 15) is 8.42 Å². The molecule has 1 aromatic rings. The average molecular weight is 261 g/mol. The van der Waals surface area contributed by atoms with Crippen molar-refractivity contribution in [3.8, 4) is 0 Å². The Kier molecular flexibility index (Phi) is 4.07. The van der Waals surface area contributed by atoms with E-state index in [-0.39, 0.29) is 23.8 Å². The van der Waals surface area contributed by atoms with Gasteiger partial charge in [0.05, 0.1) is 0 Å². The summed E-state index contributed by atoms with van der Waals surface area (Å²) in [7, 11) is -1.93. The highest BCUT2D eigenvalue weighted by Crippen LogP contribution is 2.06. The highest BCUT2D eigenvalue weighted by atomic mass is 32.2. The lowest BCUT2D eigenvalue weighted by atomic mass is 10.4. The van der Waals surface area contributed by atoms with Gasteiger partial charge in [-0.1, -0.05) is 5.16 Å². The van der Waals surface area contributed by atoms with Crippen molar-refractivity contribution >= 4 is 15.9 Å². The van der Waals surface area contributed by atoms with Gasteiger partial charge in [-0.3, -0.25) is 0 Å². The summed E-state index contributed by atoms with van der Waals surface area (Å²) in [6.07, 6.45) is 1.54. The van der Waals surface area contributed by atoms with Crippen LogP contribution < -0.4 is 10.5 Å². The van der Waals surface area contributed by atoms with Gasteiger partial charge in [0.1, 0.15) is 11.7 Å². The van der Waals surface area contributed by atoms with Crippen molar-refractivity contribution in [3.05, 3.63) is 12.0 Å². The quantitative estimate of drug-likeness (QED) is 0.275. The molecule has 9 heteroatoms. The number of aromatic nitrogens is 2.